The minimum Gasteiger partial charge on any atom is -0.379 e. The molecule has 214 valence electrons. The zero-order chi connectivity index (χ0) is 29.1. The van der Waals surface area contributed by atoms with Crippen molar-refractivity contribution in [3.05, 3.63) is 83.9 Å². The Kier molecular flexibility index (Phi) is 8.54. The van der Waals surface area contributed by atoms with Gasteiger partial charge in [-0.2, -0.15) is 17.5 Å². The molecule has 0 aliphatic carbocycles. The van der Waals surface area contributed by atoms with E-state index in [2.05, 4.69) is 5.32 Å². The minimum atomic E-state index is -4.74. The molecule has 1 heterocycles. The van der Waals surface area contributed by atoms with Crippen molar-refractivity contribution in [3.8, 4) is 0 Å². The number of hydrogen-bond donors (Lipinski definition) is 1. The van der Waals surface area contributed by atoms with E-state index in [4.69, 9.17) is 4.74 Å². The molecule has 3 aromatic carbocycles. The van der Waals surface area contributed by atoms with E-state index in [0.717, 1.165) is 17.7 Å². The first-order valence-corrected chi connectivity index (χ1v) is 14.9. The molecule has 0 spiro atoms. The molecule has 1 aliphatic heterocycles. The Balaban J connectivity index is 1.59. The van der Waals surface area contributed by atoms with Crippen LogP contribution in [0, 0.1) is 6.92 Å². The van der Waals surface area contributed by atoms with Gasteiger partial charge in [0, 0.05) is 18.8 Å². The molecule has 0 atom stereocenters. The van der Waals surface area contributed by atoms with Crippen molar-refractivity contribution in [2.24, 2.45) is 0 Å². The summed E-state index contributed by atoms with van der Waals surface area (Å²) in [6, 6.07) is 14.6. The van der Waals surface area contributed by atoms with Gasteiger partial charge in [-0.1, -0.05) is 23.8 Å². The molecule has 0 radical (unpaired) electrons. The number of morpholine rings is 1. The van der Waals surface area contributed by atoms with Gasteiger partial charge < -0.3 is 10.1 Å². The van der Waals surface area contributed by atoms with Crippen LogP contribution >= 0.6 is 0 Å². The number of nitrogens with one attached hydrogen (secondary N) is 1. The molecule has 1 N–H and O–H groups in total. The van der Waals surface area contributed by atoms with Crippen LogP contribution in [0.25, 0.3) is 0 Å². The number of carbonyl (C=O) groups excluding carboxylic acids is 1. The molecule has 1 aliphatic rings. The highest BCUT2D eigenvalue weighted by molar-refractivity contribution is 7.92. The Morgan fingerprint density at radius 1 is 0.925 bits per heavy atom. The maximum atomic E-state index is 13.5. The molecule has 0 bridgehead atoms. The number of aryl methyl sites for hydroxylation is 1. The summed E-state index contributed by atoms with van der Waals surface area (Å²) in [5.41, 5.74) is -0.492. The van der Waals surface area contributed by atoms with Gasteiger partial charge in [0.05, 0.1) is 34.3 Å². The van der Waals surface area contributed by atoms with Crippen LogP contribution in [-0.4, -0.2) is 59.9 Å². The van der Waals surface area contributed by atoms with E-state index in [1.54, 1.807) is 6.92 Å². The molecule has 1 amide bonds. The third kappa shape index (κ3) is 6.63. The van der Waals surface area contributed by atoms with Gasteiger partial charge in [0.1, 0.15) is 6.54 Å². The Morgan fingerprint density at radius 3 is 2.12 bits per heavy atom. The predicted molar refractivity (Wildman–Crippen MR) is 142 cm³/mol. The van der Waals surface area contributed by atoms with Crippen molar-refractivity contribution in [1.82, 2.24) is 4.31 Å². The van der Waals surface area contributed by atoms with Crippen LogP contribution < -0.4 is 9.62 Å². The topological polar surface area (TPSA) is 113 Å². The average Bonchev–Trinajstić information content (AvgIpc) is 2.92. The molecule has 14 heteroatoms. The number of nitrogens with zero attached hydrogens (tertiary/aromatic N) is 2. The molecule has 0 saturated carbocycles. The number of carbonyl (C=O) groups is 1. The van der Waals surface area contributed by atoms with Crippen LogP contribution in [0.3, 0.4) is 0 Å². The fourth-order valence-corrected chi connectivity index (χ4v) is 6.79. The fourth-order valence-electron chi connectivity index (χ4n) is 3.97. The maximum Gasteiger partial charge on any atom is 0.416 e. The van der Waals surface area contributed by atoms with Crippen molar-refractivity contribution < 1.29 is 39.5 Å². The van der Waals surface area contributed by atoms with E-state index >= 15 is 0 Å². The zero-order valence-corrected chi connectivity index (χ0v) is 22.9. The summed E-state index contributed by atoms with van der Waals surface area (Å²) in [7, 11) is -8.22. The highest BCUT2D eigenvalue weighted by atomic mass is 32.2. The first-order valence-electron chi connectivity index (χ1n) is 12.0. The first-order chi connectivity index (χ1) is 18.8. The number of anilines is 2. The van der Waals surface area contributed by atoms with Crippen molar-refractivity contribution in [2.75, 3.05) is 42.5 Å². The summed E-state index contributed by atoms with van der Waals surface area (Å²) in [5.74, 6) is -0.850. The number of alkyl halides is 3. The fraction of sp³-hybridized carbons (Fsp3) is 0.269. The molecule has 3 aromatic rings. The van der Waals surface area contributed by atoms with Gasteiger partial charge in [0.25, 0.3) is 10.0 Å². The lowest BCUT2D eigenvalue weighted by atomic mass is 10.2. The molecule has 4 rings (SSSR count). The SMILES string of the molecule is Cc1ccc(S(=O)(=O)N(CC(=O)Nc2ccc(S(=O)(=O)N3CCOCC3)cc2)c2cccc(C(F)(F)F)c2)cc1. The van der Waals surface area contributed by atoms with Gasteiger partial charge >= 0.3 is 6.18 Å². The van der Waals surface area contributed by atoms with Crippen LogP contribution in [0.15, 0.2) is 82.6 Å². The smallest absolute Gasteiger partial charge is 0.379 e. The molecular weight excluding hydrogens is 571 g/mol. The average molecular weight is 598 g/mol. The van der Waals surface area contributed by atoms with E-state index in [1.165, 1.54) is 58.9 Å². The van der Waals surface area contributed by atoms with Crippen LogP contribution in [0.5, 0.6) is 0 Å². The summed E-state index contributed by atoms with van der Waals surface area (Å²) < 4.78 is 99.8. The summed E-state index contributed by atoms with van der Waals surface area (Å²) in [4.78, 5) is 12.8. The second-order valence-corrected chi connectivity index (χ2v) is 12.8. The number of sulfonamides is 2. The Morgan fingerprint density at radius 2 is 1.52 bits per heavy atom. The molecule has 1 saturated heterocycles. The van der Waals surface area contributed by atoms with Gasteiger partial charge in [0.15, 0.2) is 0 Å². The molecule has 9 nitrogen and oxygen atoms in total. The Hall–Kier alpha value is -3.46. The van der Waals surface area contributed by atoms with Crippen LogP contribution in [0.4, 0.5) is 24.5 Å². The van der Waals surface area contributed by atoms with Crippen molar-refractivity contribution in [3.63, 3.8) is 0 Å². The lowest BCUT2D eigenvalue weighted by Gasteiger charge is -2.26. The molecule has 0 aromatic heterocycles. The lowest BCUT2D eigenvalue weighted by Crippen LogP contribution is -2.40. The Labute approximate surface area is 230 Å². The van der Waals surface area contributed by atoms with E-state index in [9.17, 15) is 34.8 Å². The molecular formula is C26H26F3N3O6S2. The lowest BCUT2D eigenvalue weighted by molar-refractivity contribution is -0.137. The molecule has 0 unspecified atom stereocenters. The number of benzene rings is 3. The van der Waals surface area contributed by atoms with Gasteiger partial charge in [-0.25, -0.2) is 16.8 Å². The second kappa shape index (κ2) is 11.6. The maximum absolute atomic E-state index is 13.5. The molecule has 40 heavy (non-hydrogen) atoms. The van der Waals surface area contributed by atoms with E-state index in [1.807, 2.05) is 0 Å². The van der Waals surface area contributed by atoms with Crippen molar-refractivity contribution >= 4 is 37.3 Å². The summed E-state index contributed by atoms with van der Waals surface area (Å²) in [5, 5.41) is 2.48. The zero-order valence-electron chi connectivity index (χ0n) is 21.3. The van der Waals surface area contributed by atoms with Crippen molar-refractivity contribution in [2.45, 2.75) is 22.9 Å². The monoisotopic (exact) mass is 597 g/mol. The van der Waals surface area contributed by atoms with Gasteiger partial charge in [-0.15, -0.1) is 0 Å². The highest BCUT2D eigenvalue weighted by Gasteiger charge is 2.33. The normalized spacial score (nSPS) is 15.0. The van der Waals surface area contributed by atoms with Gasteiger partial charge in [-0.05, 0) is 61.5 Å². The Bertz CT molecular complexity index is 1570. The largest absolute Gasteiger partial charge is 0.416 e. The van der Waals surface area contributed by atoms with Crippen LogP contribution in [0.2, 0.25) is 0 Å². The first kappa shape index (κ1) is 29.5. The number of hydrogen-bond acceptors (Lipinski definition) is 6. The third-order valence-corrected chi connectivity index (χ3v) is 9.80. The quantitative estimate of drug-likeness (QED) is 0.422. The number of halogens is 3. The van der Waals surface area contributed by atoms with Gasteiger partial charge in [-0.3, -0.25) is 9.10 Å². The van der Waals surface area contributed by atoms with E-state index in [0.29, 0.717) is 10.4 Å². The summed E-state index contributed by atoms with van der Waals surface area (Å²) in [6.45, 7) is 1.88. The van der Waals surface area contributed by atoms with Crippen molar-refractivity contribution in [1.29, 1.82) is 0 Å². The number of amides is 1. The van der Waals surface area contributed by atoms with E-state index < -0.39 is 44.2 Å². The predicted octanol–water partition coefficient (Wildman–Crippen LogP) is 3.87. The van der Waals surface area contributed by atoms with Gasteiger partial charge in [0.2, 0.25) is 15.9 Å². The van der Waals surface area contributed by atoms with E-state index in [-0.39, 0.29) is 47.5 Å². The number of rotatable bonds is 8. The third-order valence-electron chi connectivity index (χ3n) is 6.10. The summed E-state index contributed by atoms with van der Waals surface area (Å²) in [6.07, 6.45) is -4.74. The highest BCUT2D eigenvalue weighted by Crippen LogP contribution is 2.33. The number of ether oxygens (including phenoxy) is 1. The second-order valence-electron chi connectivity index (χ2n) is 8.96. The van der Waals surface area contributed by atoms with Crippen LogP contribution in [-0.2, 0) is 35.8 Å². The van der Waals surface area contributed by atoms with Crippen LogP contribution in [0.1, 0.15) is 11.1 Å². The standard InChI is InChI=1S/C26H26F3N3O6S2/c1-19-5-9-24(10-6-19)40(36,37)32(22-4-2-3-20(17-22)26(27,28)29)18-25(33)30-21-7-11-23(12-8-21)39(34,35)31-13-15-38-16-14-31/h2-12,17H,13-16,18H2,1H3,(H,30,33). The minimum absolute atomic E-state index is 0.0000556. The summed E-state index contributed by atoms with van der Waals surface area (Å²) >= 11 is 0. The molecule has 1 fully saturated rings.